The highest BCUT2D eigenvalue weighted by molar-refractivity contribution is 5.97. The van der Waals surface area contributed by atoms with Crippen molar-refractivity contribution in [3.8, 4) is 0 Å². The number of fused-ring (bicyclic) bond motifs is 1. The molecule has 0 amide bonds. The molecule has 1 atom stereocenters. The molecule has 3 heteroatoms. The molecule has 0 spiro atoms. The number of rotatable bonds is 4. The average Bonchev–Trinajstić information content (AvgIpc) is 2.86. The summed E-state index contributed by atoms with van der Waals surface area (Å²) in [5.74, 6) is 0.223. The number of benzene rings is 1. The third-order valence-electron chi connectivity index (χ3n) is 5.20. The highest BCUT2D eigenvalue weighted by Crippen LogP contribution is 2.45. The Bertz CT molecular complexity index is 637. The number of hydrogen-bond donors (Lipinski definition) is 1. The van der Waals surface area contributed by atoms with Gasteiger partial charge in [0.1, 0.15) is 0 Å². The first-order valence-corrected chi connectivity index (χ1v) is 8.64. The van der Waals surface area contributed by atoms with Crippen molar-refractivity contribution in [1.29, 1.82) is 0 Å². The molecule has 1 aliphatic heterocycles. The Morgan fingerprint density at radius 3 is 2.61 bits per heavy atom. The highest BCUT2D eigenvalue weighted by atomic mass is 16.5. The molecule has 0 saturated carbocycles. The summed E-state index contributed by atoms with van der Waals surface area (Å²) >= 11 is 0. The maximum absolute atomic E-state index is 11.8. The lowest BCUT2D eigenvalue weighted by Crippen LogP contribution is -2.20. The van der Waals surface area contributed by atoms with Crippen LogP contribution in [0.1, 0.15) is 67.2 Å². The van der Waals surface area contributed by atoms with E-state index in [0.29, 0.717) is 17.4 Å². The summed E-state index contributed by atoms with van der Waals surface area (Å²) in [4.78, 5) is 11.8. The van der Waals surface area contributed by atoms with Gasteiger partial charge in [0, 0.05) is 24.7 Å². The maximum atomic E-state index is 11.8. The summed E-state index contributed by atoms with van der Waals surface area (Å²) in [7, 11) is 0. The smallest absolute Gasteiger partial charge is 0.332 e. The first kappa shape index (κ1) is 16.3. The number of carboxylic acids is 1. The van der Waals surface area contributed by atoms with Gasteiger partial charge in [0.05, 0.1) is 0 Å². The molecule has 1 aromatic rings. The van der Waals surface area contributed by atoms with Crippen molar-refractivity contribution in [3.63, 3.8) is 0 Å². The predicted molar refractivity (Wildman–Crippen MR) is 91.8 cm³/mol. The van der Waals surface area contributed by atoms with Crippen LogP contribution < -0.4 is 0 Å². The van der Waals surface area contributed by atoms with E-state index < -0.39 is 5.97 Å². The van der Waals surface area contributed by atoms with E-state index in [1.807, 2.05) is 6.08 Å². The van der Waals surface area contributed by atoms with Crippen molar-refractivity contribution in [1.82, 2.24) is 0 Å². The van der Waals surface area contributed by atoms with Crippen LogP contribution in [0.15, 0.2) is 17.7 Å². The molecule has 1 fully saturated rings. The molecule has 0 bridgehead atoms. The van der Waals surface area contributed by atoms with Gasteiger partial charge in [0.2, 0.25) is 0 Å². The summed E-state index contributed by atoms with van der Waals surface area (Å²) < 4.78 is 5.45. The quantitative estimate of drug-likeness (QED) is 0.890. The van der Waals surface area contributed by atoms with Gasteiger partial charge >= 0.3 is 5.97 Å². The van der Waals surface area contributed by atoms with Crippen molar-refractivity contribution >= 4 is 12.0 Å². The Balaban J connectivity index is 2.00. The second kappa shape index (κ2) is 6.48. The lowest BCUT2D eigenvalue weighted by Gasteiger charge is -2.27. The SMILES string of the molecule is Cc1cc2c(c(C(C)C)c1)C(CC1CCOCC1)C(C(=O)O)=C2. The minimum Gasteiger partial charge on any atom is -0.478 e. The Morgan fingerprint density at radius 1 is 1.30 bits per heavy atom. The van der Waals surface area contributed by atoms with Gasteiger partial charge < -0.3 is 9.84 Å². The van der Waals surface area contributed by atoms with Gasteiger partial charge in [-0.1, -0.05) is 31.5 Å². The van der Waals surface area contributed by atoms with Crippen LogP contribution in [0, 0.1) is 12.8 Å². The van der Waals surface area contributed by atoms with Crippen LogP contribution in [0.4, 0.5) is 0 Å². The Morgan fingerprint density at radius 2 is 2.00 bits per heavy atom. The molecule has 1 saturated heterocycles. The zero-order valence-corrected chi connectivity index (χ0v) is 14.3. The average molecular weight is 314 g/mol. The van der Waals surface area contributed by atoms with E-state index in [2.05, 4.69) is 32.9 Å². The van der Waals surface area contributed by atoms with Crippen LogP contribution >= 0.6 is 0 Å². The molecular weight excluding hydrogens is 288 g/mol. The number of hydrogen-bond acceptors (Lipinski definition) is 2. The number of ether oxygens (including phenoxy) is 1. The Labute approximate surface area is 138 Å². The lowest BCUT2D eigenvalue weighted by molar-refractivity contribution is -0.132. The molecule has 0 aromatic heterocycles. The molecule has 2 aliphatic rings. The van der Waals surface area contributed by atoms with Crippen LogP contribution in [0.3, 0.4) is 0 Å². The molecule has 1 aliphatic carbocycles. The normalized spacial score (nSPS) is 21.4. The van der Waals surface area contributed by atoms with E-state index >= 15 is 0 Å². The first-order valence-electron chi connectivity index (χ1n) is 8.64. The molecular formula is C20H26O3. The topological polar surface area (TPSA) is 46.5 Å². The molecule has 1 N–H and O–H groups in total. The van der Waals surface area contributed by atoms with Crippen molar-refractivity contribution in [2.75, 3.05) is 13.2 Å². The molecule has 1 heterocycles. The summed E-state index contributed by atoms with van der Waals surface area (Å²) in [6.45, 7) is 8.09. The Hall–Kier alpha value is -1.61. The van der Waals surface area contributed by atoms with Gasteiger partial charge in [-0.3, -0.25) is 0 Å². The van der Waals surface area contributed by atoms with Gasteiger partial charge in [-0.25, -0.2) is 4.79 Å². The summed E-state index contributed by atoms with van der Waals surface area (Å²) in [5.41, 5.74) is 5.46. The standard InChI is InChI=1S/C20H26O3/c1-12(2)16-9-13(3)8-15-11-18(20(21)22)17(19(15)16)10-14-4-6-23-7-5-14/h8-9,11-12,14,17H,4-7,10H2,1-3H3,(H,21,22). The first-order chi connectivity index (χ1) is 11.0. The second-order valence-corrected chi connectivity index (χ2v) is 7.26. The summed E-state index contributed by atoms with van der Waals surface area (Å²) in [6.07, 6.45) is 4.92. The van der Waals surface area contributed by atoms with Gasteiger partial charge in [0.25, 0.3) is 0 Å². The van der Waals surface area contributed by atoms with Crippen LogP contribution in [0.2, 0.25) is 0 Å². The lowest BCUT2D eigenvalue weighted by atomic mass is 9.79. The third kappa shape index (κ3) is 3.20. The van der Waals surface area contributed by atoms with Crippen molar-refractivity contribution < 1.29 is 14.6 Å². The van der Waals surface area contributed by atoms with E-state index in [1.165, 1.54) is 16.7 Å². The van der Waals surface area contributed by atoms with Crippen molar-refractivity contribution in [2.24, 2.45) is 5.92 Å². The van der Waals surface area contributed by atoms with E-state index in [1.54, 1.807) is 0 Å². The molecule has 3 nitrogen and oxygen atoms in total. The molecule has 1 unspecified atom stereocenters. The zero-order chi connectivity index (χ0) is 16.6. The minimum absolute atomic E-state index is 0.0311. The molecule has 124 valence electrons. The van der Waals surface area contributed by atoms with Gasteiger partial charge in [0.15, 0.2) is 0 Å². The minimum atomic E-state index is -0.773. The monoisotopic (exact) mass is 314 g/mol. The van der Waals surface area contributed by atoms with Crippen LogP contribution in [0.5, 0.6) is 0 Å². The van der Waals surface area contributed by atoms with E-state index in [-0.39, 0.29) is 5.92 Å². The largest absolute Gasteiger partial charge is 0.478 e. The molecule has 3 rings (SSSR count). The number of carbonyl (C=O) groups is 1. The predicted octanol–water partition coefficient (Wildman–Crippen LogP) is 4.50. The van der Waals surface area contributed by atoms with Crippen LogP contribution in [0.25, 0.3) is 6.08 Å². The fourth-order valence-electron chi connectivity index (χ4n) is 4.05. The maximum Gasteiger partial charge on any atom is 0.332 e. The second-order valence-electron chi connectivity index (χ2n) is 7.26. The van der Waals surface area contributed by atoms with E-state index in [0.717, 1.165) is 38.0 Å². The fourth-order valence-corrected chi connectivity index (χ4v) is 4.05. The number of carboxylic acid groups (broad SMARTS) is 1. The molecule has 1 aromatic carbocycles. The summed E-state index contributed by atoms with van der Waals surface area (Å²) in [5, 5.41) is 9.69. The fraction of sp³-hybridized carbons (Fsp3) is 0.550. The highest BCUT2D eigenvalue weighted by Gasteiger charge is 2.34. The van der Waals surface area contributed by atoms with Crippen molar-refractivity contribution in [2.45, 2.75) is 51.9 Å². The van der Waals surface area contributed by atoms with Gasteiger partial charge in [-0.2, -0.15) is 0 Å². The third-order valence-corrected chi connectivity index (χ3v) is 5.20. The van der Waals surface area contributed by atoms with Crippen molar-refractivity contribution in [3.05, 3.63) is 40.0 Å². The number of aliphatic carboxylic acids is 1. The van der Waals surface area contributed by atoms with Gasteiger partial charge in [-0.15, -0.1) is 0 Å². The molecule has 0 radical (unpaired) electrons. The van der Waals surface area contributed by atoms with Gasteiger partial charge in [-0.05, 0) is 60.8 Å². The Kier molecular flexibility index (Phi) is 4.58. The molecule has 23 heavy (non-hydrogen) atoms. The van der Waals surface area contributed by atoms with E-state index in [4.69, 9.17) is 4.74 Å². The van der Waals surface area contributed by atoms with E-state index in [9.17, 15) is 9.90 Å². The number of aryl methyl sites for hydroxylation is 1. The van der Waals surface area contributed by atoms with Crippen LogP contribution in [-0.2, 0) is 9.53 Å². The zero-order valence-electron chi connectivity index (χ0n) is 14.3. The van der Waals surface area contributed by atoms with Crippen LogP contribution in [-0.4, -0.2) is 24.3 Å². The summed E-state index contributed by atoms with van der Waals surface area (Å²) in [6, 6.07) is 4.37.